The van der Waals surface area contributed by atoms with Crippen LogP contribution in [-0.4, -0.2) is 49.0 Å². The molecular formula is C24H13Cl3N14O4. The van der Waals surface area contributed by atoms with E-state index < -0.39 is 9.85 Å². The SMILES string of the molecule is N#Cc1cnn2c(Cl)cc(Cl)nc12.N#Cc1cnn2c(Nc3ccc([N+](=O)[O-])cn3)cc(Cl)nc12.Nc1ccc([N+](=O)[O-])cn1. The quantitative estimate of drug-likeness (QED) is 0.146. The first kappa shape index (κ1) is 31.7. The Labute approximate surface area is 265 Å². The predicted octanol–water partition coefficient (Wildman–Crippen LogP) is 4.78. The minimum Gasteiger partial charge on any atom is -0.384 e. The van der Waals surface area contributed by atoms with E-state index in [2.05, 4.69) is 35.5 Å². The molecule has 0 unspecified atom stereocenters. The van der Waals surface area contributed by atoms with Crippen LogP contribution in [0.3, 0.4) is 0 Å². The van der Waals surface area contributed by atoms with Crippen molar-refractivity contribution >= 4 is 74.9 Å². The number of anilines is 3. The molecule has 6 heterocycles. The van der Waals surface area contributed by atoms with E-state index in [1.807, 2.05) is 12.1 Å². The number of fused-ring (bicyclic) bond motifs is 2. The van der Waals surface area contributed by atoms with Crippen molar-refractivity contribution in [2.75, 3.05) is 11.1 Å². The molecule has 6 aromatic heterocycles. The van der Waals surface area contributed by atoms with Gasteiger partial charge in [0.05, 0.1) is 22.2 Å². The Bertz CT molecular complexity index is 2120. The Balaban J connectivity index is 0.000000170. The molecule has 6 aromatic rings. The van der Waals surface area contributed by atoms with Gasteiger partial charge in [0, 0.05) is 24.3 Å². The molecule has 0 bridgehead atoms. The van der Waals surface area contributed by atoms with Crippen LogP contribution >= 0.6 is 34.8 Å². The second-order valence-corrected chi connectivity index (χ2v) is 9.32. The van der Waals surface area contributed by atoms with Gasteiger partial charge in [-0.3, -0.25) is 20.2 Å². The summed E-state index contributed by atoms with van der Waals surface area (Å²) >= 11 is 17.4. The molecule has 0 aromatic carbocycles. The Morgan fingerprint density at radius 3 is 1.82 bits per heavy atom. The third-order valence-electron chi connectivity index (χ3n) is 5.27. The number of pyridine rings is 2. The van der Waals surface area contributed by atoms with Crippen molar-refractivity contribution in [2.24, 2.45) is 0 Å². The van der Waals surface area contributed by atoms with E-state index in [4.69, 9.17) is 51.1 Å². The number of nitrogens with one attached hydrogen (secondary N) is 1. The summed E-state index contributed by atoms with van der Waals surface area (Å²) in [4.78, 5) is 35.0. The second-order valence-electron chi connectivity index (χ2n) is 8.16. The van der Waals surface area contributed by atoms with E-state index in [0.717, 1.165) is 12.4 Å². The lowest BCUT2D eigenvalue weighted by molar-refractivity contribution is -0.385. The number of nitriles is 2. The second kappa shape index (κ2) is 13.8. The summed E-state index contributed by atoms with van der Waals surface area (Å²) in [5.41, 5.74) is 6.34. The van der Waals surface area contributed by atoms with E-state index in [-0.39, 0.29) is 33.1 Å². The van der Waals surface area contributed by atoms with Gasteiger partial charge in [0.15, 0.2) is 11.3 Å². The Morgan fingerprint density at radius 1 is 0.778 bits per heavy atom. The van der Waals surface area contributed by atoms with Crippen LogP contribution in [0.5, 0.6) is 0 Å². The van der Waals surface area contributed by atoms with Crippen LogP contribution < -0.4 is 11.1 Å². The summed E-state index contributed by atoms with van der Waals surface area (Å²) in [6, 6.07) is 12.3. The summed E-state index contributed by atoms with van der Waals surface area (Å²) in [5.74, 6) is 1.08. The maximum atomic E-state index is 10.6. The summed E-state index contributed by atoms with van der Waals surface area (Å²) in [7, 11) is 0. The fourth-order valence-corrected chi connectivity index (χ4v) is 3.93. The van der Waals surface area contributed by atoms with Gasteiger partial charge in [-0.2, -0.15) is 25.2 Å². The molecule has 0 saturated carbocycles. The molecule has 18 nitrogen and oxygen atoms in total. The average Bonchev–Trinajstić information content (AvgIpc) is 3.62. The zero-order chi connectivity index (χ0) is 32.7. The number of aromatic nitrogens is 8. The van der Waals surface area contributed by atoms with Gasteiger partial charge < -0.3 is 11.1 Å². The molecule has 0 aliphatic rings. The van der Waals surface area contributed by atoms with E-state index in [0.29, 0.717) is 33.6 Å². The highest BCUT2D eigenvalue weighted by Gasteiger charge is 2.12. The molecule has 0 atom stereocenters. The Kier molecular flexibility index (Phi) is 9.76. The standard InChI is InChI=1S/C12H6ClN7O2.C7H2Cl2N4.C5H5N3O2/c13-9-3-11(19-12(17-9)7(4-14)5-16-19)18-10-2-1-8(6-15-10)20(21)22;8-5-1-6(9)13-7(12-5)4(2-10)3-11-13;6-5-2-1-4(3-7-5)8(9)10/h1-3,5-6H,(H,15,18);1,3H;1-3H,(H2,6,7). The van der Waals surface area contributed by atoms with Gasteiger partial charge in [-0.05, 0) is 12.1 Å². The van der Waals surface area contributed by atoms with Crippen LogP contribution in [0.15, 0.2) is 61.2 Å². The lowest BCUT2D eigenvalue weighted by atomic mass is 10.4. The average molecular weight is 668 g/mol. The molecule has 0 aliphatic heterocycles. The van der Waals surface area contributed by atoms with E-state index in [9.17, 15) is 20.2 Å². The van der Waals surface area contributed by atoms with Gasteiger partial charge >= 0.3 is 0 Å². The first-order chi connectivity index (χ1) is 21.5. The minimum absolute atomic E-state index is 0.0470. The lowest BCUT2D eigenvalue weighted by Gasteiger charge is -2.07. The van der Waals surface area contributed by atoms with Crippen molar-refractivity contribution < 1.29 is 9.85 Å². The fraction of sp³-hybridized carbons (Fsp3) is 0. The Hall–Kier alpha value is -6.21. The molecule has 0 amide bonds. The normalized spacial score (nSPS) is 10.1. The minimum atomic E-state index is -0.537. The van der Waals surface area contributed by atoms with Crippen LogP contribution in [0.4, 0.5) is 28.8 Å². The highest BCUT2D eigenvalue weighted by molar-refractivity contribution is 6.33. The maximum absolute atomic E-state index is 10.6. The van der Waals surface area contributed by atoms with Crippen molar-refractivity contribution in [1.82, 2.24) is 39.2 Å². The van der Waals surface area contributed by atoms with Crippen molar-refractivity contribution in [3.63, 3.8) is 0 Å². The number of nitrogen functional groups attached to an aromatic ring is 1. The first-order valence-corrected chi connectivity index (χ1v) is 12.9. The molecule has 45 heavy (non-hydrogen) atoms. The molecule has 6 rings (SSSR count). The van der Waals surface area contributed by atoms with Gasteiger partial charge in [0.25, 0.3) is 11.4 Å². The molecule has 0 fully saturated rings. The number of nitrogens with zero attached hydrogens (tertiary/aromatic N) is 12. The third kappa shape index (κ3) is 7.60. The van der Waals surface area contributed by atoms with Gasteiger partial charge in [-0.1, -0.05) is 34.8 Å². The zero-order valence-corrected chi connectivity index (χ0v) is 24.3. The molecule has 21 heteroatoms. The molecule has 0 saturated heterocycles. The van der Waals surface area contributed by atoms with Crippen LogP contribution in [0.1, 0.15) is 11.1 Å². The van der Waals surface area contributed by atoms with Crippen molar-refractivity contribution in [2.45, 2.75) is 0 Å². The van der Waals surface area contributed by atoms with Crippen molar-refractivity contribution in [3.8, 4) is 12.1 Å². The molecule has 3 N–H and O–H groups in total. The summed E-state index contributed by atoms with van der Waals surface area (Å²) in [6.07, 6.45) is 5.01. The number of rotatable bonds is 4. The number of hydrogen-bond donors (Lipinski definition) is 2. The van der Waals surface area contributed by atoms with Crippen molar-refractivity contribution in [1.29, 1.82) is 10.5 Å². The molecular weight excluding hydrogens is 655 g/mol. The van der Waals surface area contributed by atoms with Crippen LogP contribution in [0.2, 0.25) is 15.5 Å². The third-order valence-corrected chi connectivity index (χ3v) is 5.93. The van der Waals surface area contributed by atoms with Crippen LogP contribution in [0.25, 0.3) is 11.3 Å². The maximum Gasteiger partial charge on any atom is 0.287 e. The van der Waals surface area contributed by atoms with Gasteiger partial charge in [-0.15, -0.1) is 0 Å². The molecule has 0 radical (unpaired) electrons. The smallest absolute Gasteiger partial charge is 0.287 e. The van der Waals surface area contributed by atoms with Crippen molar-refractivity contribution in [3.05, 3.63) is 108 Å². The summed E-state index contributed by atoms with van der Waals surface area (Å²) in [5, 5.41) is 49.9. The largest absolute Gasteiger partial charge is 0.384 e. The number of halogens is 3. The zero-order valence-electron chi connectivity index (χ0n) is 22.0. The van der Waals surface area contributed by atoms with Crippen LogP contribution in [0, 0.1) is 42.9 Å². The van der Waals surface area contributed by atoms with Gasteiger partial charge in [0.2, 0.25) is 0 Å². The lowest BCUT2D eigenvalue weighted by Crippen LogP contribution is -2.03. The summed E-state index contributed by atoms with van der Waals surface area (Å²) in [6.45, 7) is 0. The highest BCUT2D eigenvalue weighted by atomic mass is 35.5. The fourth-order valence-electron chi connectivity index (χ4n) is 3.28. The monoisotopic (exact) mass is 666 g/mol. The molecule has 0 spiro atoms. The number of nitrogens with two attached hydrogens (primary N) is 1. The molecule has 0 aliphatic carbocycles. The van der Waals surface area contributed by atoms with Gasteiger partial charge in [0.1, 0.15) is 68.6 Å². The predicted molar refractivity (Wildman–Crippen MR) is 160 cm³/mol. The number of nitro groups is 2. The summed E-state index contributed by atoms with van der Waals surface area (Å²) < 4.78 is 2.75. The topological polar surface area (TPSA) is 258 Å². The van der Waals surface area contributed by atoms with E-state index in [1.54, 1.807) is 0 Å². The molecule has 224 valence electrons. The van der Waals surface area contributed by atoms with E-state index >= 15 is 0 Å². The first-order valence-electron chi connectivity index (χ1n) is 11.8. The van der Waals surface area contributed by atoms with E-state index in [1.165, 1.54) is 57.8 Å². The number of hydrogen-bond acceptors (Lipinski definition) is 14. The van der Waals surface area contributed by atoms with Crippen LogP contribution in [-0.2, 0) is 0 Å². The van der Waals surface area contributed by atoms with Gasteiger partial charge in [-0.25, -0.2) is 24.5 Å². The highest BCUT2D eigenvalue weighted by Crippen LogP contribution is 2.22. The Morgan fingerprint density at radius 2 is 1.31 bits per heavy atom.